The molecular weight excluding hydrogens is 311 g/mol. The van der Waals surface area contributed by atoms with Gasteiger partial charge in [-0.15, -0.1) is 0 Å². The van der Waals surface area contributed by atoms with Gasteiger partial charge in [0, 0.05) is 11.8 Å². The van der Waals surface area contributed by atoms with Crippen molar-refractivity contribution in [1.82, 2.24) is 4.98 Å². The highest BCUT2D eigenvalue weighted by molar-refractivity contribution is 7.99. The fraction of sp³-hybridized carbons (Fsp3) is 0.0556. The third kappa shape index (κ3) is 4.02. The topological polar surface area (TPSA) is 34.1 Å². The minimum absolute atomic E-state index is 0.280. The monoisotopic (exact) mass is 326 g/mol. The molecule has 3 nitrogen and oxygen atoms in total. The molecule has 5 heteroatoms. The minimum atomic E-state index is -0.280. The molecule has 0 aliphatic rings. The van der Waals surface area contributed by atoms with Crippen LogP contribution in [-0.4, -0.2) is 11.2 Å². The Labute approximate surface area is 138 Å². The van der Waals surface area contributed by atoms with Crippen LogP contribution < -0.4 is 9.46 Å². The summed E-state index contributed by atoms with van der Waals surface area (Å²) in [6.45, 7) is 0. The number of halogens is 1. The molecule has 2 aromatic carbocycles. The van der Waals surface area contributed by atoms with Crippen molar-refractivity contribution < 1.29 is 9.13 Å². The zero-order valence-electron chi connectivity index (χ0n) is 12.5. The zero-order valence-corrected chi connectivity index (χ0v) is 13.3. The first-order valence-corrected chi connectivity index (χ1v) is 8.27. The summed E-state index contributed by atoms with van der Waals surface area (Å²) in [7, 11) is 0. The van der Waals surface area contributed by atoms with Crippen LogP contribution >= 0.6 is 11.9 Å². The van der Waals surface area contributed by atoms with Gasteiger partial charge in [0.25, 0.3) is 0 Å². The van der Waals surface area contributed by atoms with Crippen molar-refractivity contribution in [1.29, 1.82) is 0 Å². The molecule has 23 heavy (non-hydrogen) atoms. The molecule has 0 saturated carbocycles. The van der Waals surface area contributed by atoms with Gasteiger partial charge in [0.05, 0.1) is 5.69 Å². The molecule has 3 aromatic rings. The quantitative estimate of drug-likeness (QED) is 0.639. The zero-order chi connectivity index (χ0) is 16.1. The second kappa shape index (κ2) is 7.15. The lowest BCUT2D eigenvalue weighted by Crippen LogP contribution is -1.91. The Morgan fingerprint density at radius 2 is 1.57 bits per heavy atom. The largest absolute Gasteiger partial charge is 0.457 e. The molecule has 1 aromatic heterocycles. The number of nitrogens with one attached hydrogen (secondary N) is 1. The summed E-state index contributed by atoms with van der Waals surface area (Å²) < 4.78 is 21.7. The lowest BCUT2D eigenvalue weighted by molar-refractivity contribution is 0.480. The maximum Gasteiger partial charge on any atom is 0.136 e. The normalized spacial score (nSPS) is 10.3. The number of anilines is 1. The van der Waals surface area contributed by atoms with Crippen molar-refractivity contribution in [2.24, 2.45) is 0 Å². The van der Waals surface area contributed by atoms with Gasteiger partial charge in [-0.3, -0.25) is 0 Å². The van der Waals surface area contributed by atoms with E-state index in [2.05, 4.69) is 9.71 Å². The standard InChI is InChI=1S/C18H15FN2OS/c1-23-21-18-4-2-3-17(20-18)13-5-9-15(10-6-13)22-16-11-7-14(19)8-12-16/h2-12H,1H3,(H,20,21). The second-order valence-corrected chi connectivity index (χ2v) is 5.41. The van der Waals surface area contributed by atoms with Gasteiger partial charge in [-0.25, -0.2) is 9.37 Å². The van der Waals surface area contributed by atoms with Crippen LogP contribution in [0.3, 0.4) is 0 Å². The summed E-state index contributed by atoms with van der Waals surface area (Å²) in [6, 6.07) is 19.4. The lowest BCUT2D eigenvalue weighted by Gasteiger charge is -2.08. The van der Waals surface area contributed by atoms with Gasteiger partial charge in [0.2, 0.25) is 0 Å². The van der Waals surface area contributed by atoms with Crippen molar-refractivity contribution in [3.63, 3.8) is 0 Å². The Morgan fingerprint density at radius 3 is 2.22 bits per heavy atom. The number of aromatic nitrogens is 1. The molecule has 0 bridgehead atoms. The molecule has 0 aliphatic heterocycles. The van der Waals surface area contributed by atoms with Crippen molar-refractivity contribution >= 4 is 17.8 Å². The molecule has 0 amide bonds. The lowest BCUT2D eigenvalue weighted by atomic mass is 10.1. The highest BCUT2D eigenvalue weighted by Gasteiger charge is 2.03. The number of pyridine rings is 1. The predicted molar refractivity (Wildman–Crippen MR) is 93.3 cm³/mol. The molecule has 0 aliphatic carbocycles. The minimum Gasteiger partial charge on any atom is -0.457 e. The van der Waals surface area contributed by atoms with Crippen molar-refractivity contribution in [2.75, 3.05) is 11.0 Å². The van der Waals surface area contributed by atoms with E-state index < -0.39 is 0 Å². The van der Waals surface area contributed by atoms with E-state index in [0.29, 0.717) is 11.5 Å². The third-order valence-corrected chi connectivity index (χ3v) is 3.57. The molecule has 0 spiro atoms. The number of hydrogen-bond acceptors (Lipinski definition) is 4. The van der Waals surface area contributed by atoms with Gasteiger partial charge < -0.3 is 9.46 Å². The van der Waals surface area contributed by atoms with Crippen LogP contribution in [0.15, 0.2) is 66.7 Å². The first-order chi connectivity index (χ1) is 11.2. The fourth-order valence-corrected chi connectivity index (χ4v) is 2.41. The second-order valence-electron chi connectivity index (χ2n) is 4.79. The van der Waals surface area contributed by atoms with Crippen molar-refractivity contribution in [3.8, 4) is 22.8 Å². The number of benzene rings is 2. The highest BCUT2D eigenvalue weighted by Crippen LogP contribution is 2.26. The number of ether oxygens (including phenoxy) is 1. The summed E-state index contributed by atoms with van der Waals surface area (Å²) >= 11 is 1.50. The van der Waals surface area contributed by atoms with E-state index in [1.165, 1.54) is 24.1 Å². The van der Waals surface area contributed by atoms with Gasteiger partial charge in [0.1, 0.15) is 23.1 Å². The van der Waals surface area contributed by atoms with Crippen LogP contribution in [0.2, 0.25) is 0 Å². The smallest absolute Gasteiger partial charge is 0.136 e. The Morgan fingerprint density at radius 1 is 0.913 bits per heavy atom. The van der Waals surface area contributed by atoms with Gasteiger partial charge >= 0.3 is 0 Å². The molecule has 1 N–H and O–H groups in total. The summed E-state index contributed by atoms with van der Waals surface area (Å²) in [6.07, 6.45) is 1.95. The summed E-state index contributed by atoms with van der Waals surface area (Å²) in [5.74, 6) is 1.83. The number of hydrogen-bond donors (Lipinski definition) is 1. The average Bonchev–Trinajstić information content (AvgIpc) is 2.58. The van der Waals surface area contributed by atoms with E-state index >= 15 is 0 Å². The van der Waals surface area contributed by atoms with E-state index in [0.717, 1.165) is 17.1 Å². The molecule has 1 heterocycles. The van der Waals surface area contributed by atoms with Crippen molar-refractivity contribution in [3.05, 3.63) is 72.5 Å². The van der Waals surface area contributed by atoms with Crippen LogP contribution in [0.5, 0.6) is 11.5 Å². The Hall–Kier alpha value is -2.53. The van der Waals surface area contributed by atoms with Crippen LogP contribution in [0.4, 0.5) is 10.2 Å². The van der Waals surface area contributed by atoms with Crippen molar-refractivity contribution in [2.45, 2.75) is 0 Å². The van der Waals surface area contributed by atoms with E-state index in [1.54, 1.807) is 12.1 Å². The maximum atomic E-state index is 12.9. The average molecular weight is 326 g/mol. The van der Waals surface area contributed by atoms with E-state index in [-0.39, 0.29) is 5.82 Å². The summed E-state index contributed by atoms with van der Waals surface area (Å²) in [4.78, 5) is 4.54. The molecule has 0 saturated heterocycles. The molecule has 0 fully saturated rings. The summed E-state index contributed by atoms with van der Waals surface area (Å²) in [5.41, 5.74) is 1.89. The van der Waals surface area contributed by atoms with E-state index in [1.807, 2.05) is 48.7 Å². The maximum absolute atomic E-state index is 12.9. The van der Waals surface area contributed by atoms with Gasteiger partial charge in [-0.1, -0.05) is 18.0 Å². The molecule has 0 unspecified atom stereocenters. The van der Waals surface area contributed by atoms with Crippen LogP contribution in [-0.2, 0) is 0 Å². The highest BCUT2D eigenvalue weighted by atomic mass is 32.2. The Balaban J connectivity index is 1.76. The molecular formula is C18H15FN2OS. The van der Waals surface area contributed by atoms with Gasteiger partial charge in [-0.05, 0) is 60.7 Å². The van der Waals surface area contributed by atoms with E-state index in [9.17, 15) is 4.39 Å². The van der Waals surface area contributed by atoms with Gasteiger partial charge in [0.15, 0.2) is 0 Å². The first kappa shape index (κ1) is 15.4. The molecule has 0 radical (unpaired) electrons. The SMILES string of the molecule is CSNc1cccc(-c2ccc(Oc3ccc(F)cc3)cc2)n1. The van der Waals surface area contributed by atoms with E-state index in [4.69, 9.17) is 4.74 Å². The Bertz CT molecular complexity index is 776. The third-order valence-electron chi connectivity index (χ3n) is 3.16. The Kier molecular flexibility index (Phi) is 4.78. The summed E-state index contributed by atoms with van der Waals surface area (Å²) in [5, 5.41) is 0. The first-order valence-electron chi connectivity index (χ1n) is 7.04. The molecule has 116 valence electrons. The number of nitrogens with zero attached hydrogens (tertiary/aromatic N) is 1. The predicted octanol–water partition coefficient (Wildman–Crippen LogP) is 5.37. The number of rotatable bonds is 5. The van der Waals surface area contributed by atoms with Crippen LogP contribution in [0.25, 0.3) is 11.3 Å². The van der Waals surface area contributed by atoms with Crippen LogP contribution in [0, 0.1) is 5.82 Å². The van der Waals surface area contributed by atoms with Crippen LogP contribution in [0.1, 0.15) is 0 Å². The van der Waals surface area contributed by atoms with Gasteiger partial charge in [-0.2, -0.15) is 0 Å². The molecule has 3 rings (SSSR count). The fourth-order valence-electron chi connectivity index (χ4n) is 2.09. The molecule has 0 atom stereocenters.